The summed E-state index contributed by atoms with van der Waals surface area (Å²) >= 11 is 3.28. The molecule has 0 aliphatic carbocycles. The lowest BCUT2D eigenvalue weighted by atomic mass is 10.0. The molecule has 3 aromatic carbocycles. The van der Waals surface area contributed by atoms with Crippen LogP contribution in [0.2, 0.25) is 0 Å². The summed E-state index contributed by atoms with van der Waals surface area (Å²) < 4.78 is 6.17. The average molecular weight is 559 g/mol. The van der Waals surface area contributed by atoms with Gasteiger partial charge in [0.15, 0.2) is 6.10 Å². The first-order valence-electron chi connectivity index (χ1n) is 13.0. The van der Waals surface area contributed by atoms with Crippen LogP contribution >= 0.6 is 23.5 Å². The Morgan fingerprint density at radius 2 is 1.56 bits per heavy atom. The van der Waals surface area contributed by atoms with Crippen molar-refractivity contribution < 1.29 is 19.1 Å². The van der Waals surface area contributed by atoms with Gasteiger partial charge in [-0.25, -0.2) is 4.79 Å². The molecule has 2 atom stereocenters. The molecule has 0 spiro atoms. The molecule has 2 amide bonds. The summed E-state index contributed by atoms with van der Waals surface area (Å²) in [5.74, 6) is 1.11. The van der Waals surface area contributed by atoms with E-state index in [1.54, 1.807) is 23.5 Å². The van der Waals surface area contributed by atoms with Crippen LogP contribution in [0.1, 0.15) is 29.7 Å². The van der Waals surface area contributed by atoms with E-state index in [1.807, 2.05) is 91.0 Å². The smallest absolute Gasteiger partial charge is 0.356 e. The maximum Gasteiger partial charge on any atom is 0.356 e. The van der Waals surface area contributed by atoms with E-state index in [0.29, 0.717) is 17.2 Å². The average Bonchev–Trinajstić information content (AvgIpc) is 2.98. The molecule has 1 fully saturated rings. The van der Waals surface area contributed by atoms with E-state index in [9.17, 15) is 14.4 Å². The second kappa shape index (κ2) is 12.6. The van der Waals surface area contributed by atoms with Crippen LogP contribution in [-0.2, 0) is 25.5 Å². The molecule has 0 saturated carbocycles. The summed E-state index contributed by atoms with van der Waals surface area (Å²) in [6, 6.07) is 28.0. The maximum atomic E-state index is 13.9. The quantitative estimate of drug-likeness (QED) is 0.280. The lowest BCUT2D eigenvalue weighted by molar-refractivity contribution is -0.154. The molecule has 1 N–H and O–H groups in total. The first-order chi connectivity index (χ1) is 19.1. The minimum Gasteiger partial charge on any atom is -0.448 e. The number of esters is 1. The standard InChI is InChI=1S/C31H30N2O4S2/c1-2-38-19-24-20-39-30-26(32-25(34)18-21-12-6-3-7-13-21)29(35)33(30)27(24)31(36)37-28(22-14-8-4-9-15-22)23-16-10-5-11-17-23/h3-17,26,28,30H,2,18-20H2,1H3,(H,32,34)/t26?,30-/m0/s1. The highest BCUT2D eigenvalue weighted by Crippen LogP contribution is 2.42. The Kier molecular flexibility index (Phi) is 8.74. The number of fused-ring (bicyclic) bond motifs is 1. The van der Waals surface area contributed by atoms with E-state index in [-0.39, 0.29) is 23.6 Å². The molecule has 200 valence electrons. The van der Waals surface area contributed by atoms with Gasteiger partial charge in [0, 0.05) is 11.5 Å². The van der Waals surface area contributed by atoms with Gasteiger partial charge in [-0.1, -0.05) is 97.9 Å². The van der Waals surface area contributed by atoms with Gasteiger partial charge in [0.2, 0.25) is 5.91 Å². The topological polar surface area (TPSA) is 75.7 Å². The van der Waals surface area contributed by atoms with Crippen molar-refractivity contribution in [3.63, 3.8) is 0 Å². The van der Waals surface area contributed by atoms with Crippen molar-refractivity contribution in [2.45, 2.75) is 30.9 Å². The number of thioether (sulfide) groups is 2. The fourth-order valence-electron chi connectivity index (χ4n) is 4.76. The highest BCUT2D eigenvalue weighted by molar-refractivity contribution is 8.01. The largest absolute Gasteiger partial charge is 0.448 e. The van der Waals surface area contributed by atoms with Gasteiger partial charge in [-0.05, 0) is 28.0 Å². The van der Waals surface area contributed by atoms with Gasteiger partial charge < -0.3 is 10.1 Å². The van der Waals surface area contributed by atoms with Crippen molar-refractivity contribution in [1.29, 1.82) is 0 Å². The summed E-state index contributed by atoms with van der Waals surface area (Å²) in [5.41, 5.74) is 3.78. The number of ether oxygens (including phenoxy) is 1. The van der Waals surface area contributed by atoms with Gasteiger partial charge in [-0.3, -0.25) is 14.5 Å². The van der Waals surface area contributed by atoms with Crippen molar-refractivity contribution in [1.82, 2.24) is 10.2 Å². The number of carbonyl (C=O) groups is 3. The van der Waals surface area contributed by atoms with Gasteiger partial charge in [0.1, 0.15) is 17.1 Å². The van der Waals surface area contributed by atoms with E-state index in [1.165, 1.54) is 4.90 Å². The number of nitrogens with one attached hydrogen (secondary N) is 1. The van der Waals surface area contributed by atoms with Crippen LogP contribution in [0.3, 0.4) is 0 Å². The van der Waals surface area contributed by atoms with Crippen LogP contribution in [-0.4, -0.2) is 51.4 Å². The fraction of sp³-hybridized carbons (Fsp3) is 0.258. The normalized spacial score (nSPS) is 18.4. The monoisotopic (exact) mass is 558 g/mol. The summed E-state index contributed by atoms with van der Waals surface area (Å²) in [6.45, 7) is 2.07. The van der Waals surface area contributed by atoms with Gasteiger partial charge in [-0.2, -0.15) is 11.8 Å². The number of amides is 2. The number of β-lactam (4-membered cyclic amide) rings is 1. The van der Waals surface area contributed by atoms with Gasteiger partial charge in [0.25, 0.3) is 5.91 Å². The van der Waals surface area contributed by atoms with Crippen LogP contribution in [0.5, 0.6) is 0 Å². The Morgan fingerprint density at radius 1 is 0.974 bits per heavy atom. The molecule has 1 saturated heterocycles. The molecular weight excluding hydrogens is 528 g/mol. The molecule has 39 heavy (non-hydrogen) atoms. The number of nitrogens with zero attached hydrogens (tertiary/aromatic N) is 1. The zero-order valence-corrected chi connectivity index (χ0v) is 23.3. The van der Waals surface area contributed by atoms with Crippen LogP contribution in [0.4, 0.5) is 0 Å². The molecule has 0 bridgehead atoms. The number of benzene rings is 3. The fourth-order valence-corrected chi connectivity index (χ4v) is 6.93. The third kappa shape index (κ3) is 6.07. The second-order valence-electron chi connectivity index (χ2n) is 9.31. The van der Waals surface area contributed by atoms with Crippen molar-refractivity contribution in [3.05, 3.63) is 119 Å². The predicted octanol–water partition coefficient (Wildman–Crippen LogP) is 4.97. The minimum atomic E-state index is -0.673. The van der Waals surface area contributed by atoms with Crippen LogP contribution in [0, 0.1) is 0 Å². The SMILES string of the molecule is CCSCC1=C(C(=O)OC(c2ccccc2)c2ccccc2)N2C(=O)C(NC(=O)Cc3ccccc3)[C@@H]2SC1. The summed E-state index contributed by atoms with van der Waals surface area (Å²) in [5, 5.41) is 2.55. The van der Waals surface area contributed by atoms with E-state index >= 15 is 0 Å². The number of rotatable bonds is 10. The Morgan fingerprint density at radius 3 is 2.15 bits per heavy atom. The molecule has 6 nitrogen and oxygen atoms in total. The molecule has 0 radical (unpaired) electrons. The lowest BCUT2D eigenvalue weighted by Gasteiger charge is -2.50. The summed E-state index contributed by atoms with van der Waals surface area (Å²) in [4.78, 5) is 41.5. The van der Waals surface area contributed by atoms with Crippen molar-refractivity contribution in [3.8, 4) is 0 Å². The molecule has 8 heteroatoms. The van der Waals surface area contributed by atoms with Crippen molar-refractivity contribution >= 4 is 41.3 Å². The van der Waals surface area contributed by atoms with E-state index in [4.69, 9.17) is 4.74 Å². The Labute approximate surface area is 237 Å². The number of hydrogen-bond donors (Lipinski definition) is 1. The molecule has 0 aromatic heterocycles. The van der Waals surface area contributed by atoms with E-state index in [2.05, 4.69) is 12.2 Å². The van der Waals surface area contributed by atoms with Crippen molar-refractivity contribution in [2.24, 2.45) is 0 Å². The molecule has 2 aliphatic rings. The highest BCUT2D eigenvalue weighted by atomic mass is 32.2. The Bertz CT molecular complexity index is 1310. The molecular formula is C31H30N2O4S2. The Hall–Kier alpha value is -3.49. The van der Waals surface area contributed by atoms with Gasteiger partial charge in [-0.15, -0.1) is 11.8 Å². The summed E-state index contributed by atoms with van der Waals surface area (Å²) in [7, 11) is 0. The second-order valence-corrected chi connectivity index (χ2v) is 11.7. The number of hydrogen-bond acceptors (Lipinski definition) is 6. The van der Waals surface area contributed by atoms with E-state index in [0.717, 1.165) is 28.0 Å². The zero-order chi connectivity index (χ0) is 27.2. The first-order valence-corrected chi connectivity index (χ1v) is 15.2. The van der Waals surface area contributed by atoms with Gasteiger partial charge in [0.05, 0.1) is 6.42 Å². The molecule has 3 aromatic rings. The molecule has 5 rings (SSSR count). The minimum absolute atomic E-state index is 0.195. The van der Waals surface area contributed by atoms with E-state index < -0.39 is 18.1 Å². The highest BCUT2D eigenvalue weighted by Gasteiger charge is 2.54. The Balaban J connectivity index is 1.37. The third-order valence-corrected chi connectivity index (χ3v) is 8.98. The molecule has 2 aliphatic heterocycles. The molecule has 1 unspecified atom stereocenters. The van der Waals surface area contributed by atoms with Gasteiger partial charge >= 0.3 is 5.97 Å². The van der Waals surface area contributed by atoms with Crippen LogP contribution in [0.25, 0.3) is 0 Å². The van der Waals surface area contributed by atoms with Crippen molar-refractivity contribution in [2.75, 3.05) is 17.3 Å². The number of carbonyl (C=O) groups excluding carboxylic acids is 3. The third-order valence-electron chi connectivity index (χ3n) is 6.67. The predicted molar refractivity (Wildman–Crippen MR) is 156 cm³/mol. The summed E-state index contributed by atoms with van der Waals surface area (Å²) in [6.07, 6.45) is -0.417. The lowest BCUT2D eigenvalue weighted by Crippen LogP contribution is -2.70. The van der Waals surface area contributed by atoms with Crippen LogP contribution < -0.4 is 5.32 Å². The first kappa shape index (κ1) is 27.1. The zero-order valence-electron chi connectivity index (χ0n) is 21.6. The maximum absolute atomic E-state index is 13.9. The molecule has 2 heterocycles. The van der Waals surface area contributed by atoms with Crippen LogP contribution in [0.15, 0.2) is 102 Å².